The lowest BCUT2D eigenvalue weighted by Gasteiger charge is -2.35. The van der Waals surface area contributed by atoms with Gasteiger partial charge in [-0.3, -0.25) is 4.79 Å². The zero-order chi connectivity index (χ0) is 23.1. The van der Waals surface area contributed by atoms with Gasteiger partial charge in [0.15, 0.2) is 11.5 Å². The molecule has 0 radical (unpaired) electrons. The second kappa shape index (κ2) is 8.42. The van der Waals surface area contributed by atoms with E-state index in [0.717, 1.165) is 11.8 Å². The number of aryl methyl sites for hydroxylation is 1. The molecular weight excluding hydrogens is 418 g/mol. The van der Waals surface area contributed by atoms with Crippen molar-refractivity contribution in [2.75, 3.05) is 51.0 Å². The molecule has 1 saturated carbocycles. The number of carbonyl (C=O) groups excluding carboxylic acids is 1. The third-order valence-corrected chi connectivity index (χ3v) is 6.79. The molecule has 3 aromatic rings. The van der Waals surface area contributed by atoms with Gasteiger partial charge in [-0.1, -0.05) is 24.3 Å². The highest BCUT2D eigenvalue weighted by Crippen LogP contribution is 2.49. The number of aromatic nitrogens is 2. The summed E-state index contributed by atoms with van der Waals surface area (Å²) >= 11 is 0. The molecule has 2 aromatic carbocycles. The fourth-order valence-electron chi connectivity index (χ4n) is 4.78. The number of nitrogen functional groups attached to an aromatic ring is 1. The predicted molar refractivity (Wildman–Crippen MR) is 128 cm³/mol. The Kier molecular flexibility index (Phi) is 5.44. The number of hydrogen-bond acceptors (Lipinski definition) is 7. The Hall–Kier alpha value is -3.55. The van der Waals surface area contributed by atoms with Crippen molar-refractivity contribution in [2.24, 2.45) is 5.92 Å². The van der Waals surface area contributed by atoms with Gasteiger partial charge in [0.1, 0.15) is 5.82 Å². The first kappa shape index (κ1) is 21.3. The fraction of sp³-hybridized carbons (Fsp3) is 0.400. The first-order valence-electron chi connectivity index (χ1n) is 11.3. The number of fused-ring (bicyclic) bond motifs is 1. The van der Waals surface area contributed by atoms with Gasteiger partial charge in [-0.25, -0.2) is 4.98 Å². The highest BCUT2D eigenvalue weighted by atomic mass is 16.5. The number of carbonyl (C=O) groups is 1. The van der Waals surface area contributed by atoms with Gasteiger partial charge in [0, 0.05) is 43.5 Å². The van der Waals surface area contributed by atoms with Gasteiger partial charge in [0.05, 0.1) is 19.7 Å². The maximum atomic E-state index is 13.1. The van der Waals surface area contributed by atoms with Crippen LogP contribution in [0.15, 0.2) is 36.4 Å². The van der Waals surface area contributed by atoms with E-state index in [-0.39, 0.29) is 11.8 Å². The molecular formula is C25H29N5O3. The van der Waals surface area contributed by atoms with Crippen LogP contribution in [0.5, 0.6) is 11.5 Å². The molecule has 0 unspecified atom stereocenters. The number of rotatable bonds is 5. The first-order valence-corrected chi connectivity index (χ1v) is 11.3. The minimum absolute atomic E-state index is 0.104. The van der Waals surface area contributed by atoms with Gasteiger partial charge >= 0.3 is 0 Å². The highest BCUT2D eigenvalue weighted by Gasteiger charge is 2.46. The third kappa shape index (κ3) is 3.90. The Morgan fingerprint density at radius 2 is 1.73 bits per heavy atom. The lowest BCUT2D eigenvalue weighted by molar-refractivity contribution is -0.133. The van der Waals surface area contributed by atoms with E-state index in [1.165, 1.54) is 11.1 Å². The molecule has 2 N–H and O–H groups in total. The number of nitrogens with two attached hydrogens (primary N) is 1. The monoisotopic (exact) mass is 447 g/mol. The van der Waals surface area contributed by atoms with Gasteiger partial charge in [-0.05, 0) is 36.5 Å². The molecule has 1 aromatic heterocycles. The Morgan fingerprint density at radius 1 is 1.03 bits per heavy atom. The summed E-state index contributed by atoms with van der Waals surface area (Å²) in [6.45, 7) is 4.78. The van der Waals surface area contributed by atoms with Crippen molar-refractivity contribution in [3.05, 3.63) is 47.5 Å². The molecule has 2 aliphatic rings. The van der Waals surface area contributed by atoms with Crippen molar-refractivity contribution in [3.63, 3.8) is 0 Å². The summed E-state index contributed by atoms with van der Waals surface area (Å²) in [5, 5.41) is 0.723. The summed E-state index contributed by atoms with van der Waals surface area (Å²) in [4.78, 5) is 26.4. The van der Waals surface area contributed by atoms with Crippen LogP contribution in [-0.2, 0) is 4.79 Å². The molecule has 1 saturated heterocycles. The summed E-state index contributed by atoms with van der Waals surface area (Å²) in [6, 6.07) is 12.0. The maximum Gasteiger partial charge on any atom is 0.228 e. The third-order valence-electron chi connectivity index (χ3n) is 6.79. The Bertz CT molecular complexity index is 1210. The Labute approximate surface area is 193 Å². The van der Waals surface area contributed by atoms with Crippen molar-refractivity contribution >= 4 is 28.6 Å². The average Bonchev–Trinajstić information content (AvgIpc) is 3.64. The predicted octanol–water partition coefficient (Wildman–Crippen LogP) is 2.99. The largest absolute Gasteiger partial charge is 0.493 e. The zero-order valence-corrected chi connectivity index (χ0v) is 19.2. The summed E-state index contributed by atoms with van der Waals surface area (Å²) < 4.78 is 10.8. The van der Waals surface area contributed by atoms with Crippen LogP contribution >= 0.6 is 0 Å². The second-order valence-corrected chi connectivity index (χ2v) is 8.75. The normalized spacial score (nSPS) is 20.1. The van der Waals surface area contributed by atoms with Crippen molar-refractivity contribution in [1.29, 1.82) is 0 Å². The van der Waals surface area contributed by atoms with Crippen LogP contribution in [0.2, 0.25) is 0 Å². The van der Waals surface area contributed by atoms with E-state index < -0.39 is 0 Å². The SMILES string of the molecule is COc1cc2nc(N3CCN(C(=O)[C@@H]4C[C@@H]4c4ccccc4C)CC3)nc(N)c2cc1OC. The Balaban J connectivity index is 1.27. The summed E-state index contributed by atoms with van der Waals surface area (Å²) in [7, 11) is 3.18. The van der Waals surface area contributed by atoms with Crippen LogP contribution in [0.1, 0.15) is 23.5 Å². The van der Waals surface area contributed by atoms with E-state index >= 15 is 0 Å². The standard InChI is InChI=1S/C25H29N5O3/c1-15-6-4-5-7-16(15)17-12-18(17)24(31)29-8-10-30(11-9-29)25-27-20-14-22(33-3)21(32-2)13-19(20)23(26)28-25/h4-7,13-14,17-18H,8-12H2,1-3H3,(H2,26,27,28)/t17-,18-/m1/s1. The molecule has 0 bridgehead atoms. The minimum Gasteiger partial charge on any atom is -0.493 e. The van der Waals surface area contributed by atoms with Crippen LogP contribution in [-0.4, -0.2) is 61.2 Å². The highest BCUT2D eigenvalue weighted by molar-refractivity contribution is 5.91. The molecule has 2 atom stereocenters. The Morgan fingerprint density at radius 3 is 2.42 bits per heavy atom. The van der Waals surface area contributed by atoms with E-state index in [0.29, 0.717) is 60.9 Å². The van der Waals surface area contributed by atoms with Crippen LogP contribution in [0.4, 0.5) is 11.8 Å². The van der Waals surface area contributed by atoms with Gasteiger partial charge in [-0.2, -0.15) is 4.98 Å². The number of hydrogen-bond donors (Lipinski definition) is 1. The molecule has 1 amide bonds. The van der Waals surface area contributed by atoms with E-state index in [4.69, 9.17) is 20.2 Å². The van der Waals surface area contributed by atoms with E-state index in [9.17, 15) is 4.79 Å². The smallest absolute Gasteiger partial charge is 0.228 e. The van der Waals surface area contributed by atoms with Crippen molar-refractivity contribution in [2.45, 2.75) is 19.3 Å². The molecule has 5 rings (SSSR count). The summed E-state index contributed by atoms with van der Waals surface area (Å²) in [6.07, 6.45) is 0.944. The molecule has 1 aliphatic carbocycles. The number of methoxy groups -OCH3 is 2. The van der Waals surface area contributed by atoms with Crippen molar-refractivity contribution in [3.8, 4) is 11.5 Å². The van der Waals surface area contributed by atoms with Gasteiger partial charge in [-0.15, -0.1) is 0 Å². The average molecular weight is 448 g/mol. The summed E-state index contributed by atoms with van der Waals surface area (Å²) in [5.74, 6) is 2.87. The molecule has 2 heterocycles. The van der Waals surface area contributed by atoms with Crippen LogP contribution in [0, 0.1) is 12.8 Å². The molecule has 33 heavy (non-hydrogen) atoms. The fourth-order valence-corrected chi connectivity index (χ4v) is 4.78. The molecule has 1 aliphatic heterocycles. The molecule has 8 heteroatoms. The van der Waals surface area contributed by atoms with Gasteiger partial charge < -0.3 is 25.0 Å². The minimum atomic E-state index is 0.104. The van der Waals surface area contributed by atoms with Crippen LogP contribution in [0.25, 0.3) is 10.9 Å². The molecule has 0 spiro atoms. The molecule has 2 fully saturated rings. The zero-order valence-electron chi connectivity index (χ0n) is 19.2. The maximum absolute atomic E-state index is 13.1. The first-order chi connectivity index (χ1) is 16.0. The number of piperazine rings is 1. The number of ether oxygens (including phenoxy) is 2. The van der Waals surface area contributed by atoms with E-state index in [1.54, 1.807) is 20.3 Å². The number of benzene rings is 2. The lowest BCUT2D eigenvalue weighted by Crippen LogP contribution is -2.49. The molecule has 172 valence electrons. The molecule has 8 nitrogen and oxygen atoms in total. The van der Waals surface area contributed by atoms with Crippen LogP contribution in [0.3, 0.4) is 0 Å². The van der Waals surface area contributed by atoms with Crippen molar-refractivity contribution in [1.82, 2.24) is 14.9 Å². The van der Waals surface area contributed by atoms with E-state index in [2.05, 4.69) is 35.0 Å². The van der Waals surface area contributed by atoms with E-state index in [1.807, 2.05) is 17.0 Å². The lowest BCUT2D eigenvalue weighted by atomic mass is 10.0. The quantitative estimate of drug-likeness (QED) is 0.643. The topological polar surface area (TPSA) is 93.8 Å². The number of nitrogens with zero attached hydrogens (tertiary/aromatic N) is 4. The van der Waals surface area contributed by atoms with Gasteiger partial charge in [0.25, 0.3) is 0 Å². The number of anilines is 2. The van der Waals surface area contributed by atoms with Crippen molar-refractivity contribution < 1.29 is 14.3 Å². The summed E-state index contributed by atoms with van der Waals surface area (Å²) in [5.41, 5.74) is 9.52. The van der Waals surface area contributed by atoms with Gasteiger partial charge in [0.2, 0.25) is 11.9 Å². The second-order valence-electron chi connectivity index (χ2n) is 8.75. The number of amides is 1. The van der Waals surface area contributed by atoms with Crippen LogP contribution < -0.4 is 20.1 Å².